The molecule has 5 nitrogen and oxygen atoms in total. The van der Waals surface area contributed by atoms with E-state index in [4.69, 9.17) is 5.73 Å². The van der Waals surface area contributed by atoms with Gasteiger partial charge in [0.2, 0.25) is 0 Å². The maximum Gasteiger partial charge on any atom is 0.136 e. The second-order valence-corrected chi connectivity index (χ2v) is 5.89. The lowest BCUT2D eigenvalue weighted by Crippen LogP contribution is -2.27. The molecule has 1 aliphatic carbocycles. The van der Waals surface area contributed by atoms with E-state index in [1.807, 2.05) is 20.8 Å². The topological polar surface area (TPSA) is 84.1 Å². The highest BCUT2D eigenvalue weighted by molar-refractivity contribution is 5.55. The SMILES string of the molecule is Cc1c(N)nc(C2CC2)nc1NCC(C)(C)CO. The molecule has 2 rings (SSSR count). The van der Waals surface area contributed by atoms with Crippen molar-refractivity contribution in [2.45, 2.75) is 39.5 Å². The second-order valence-electron chi connectivity index (χ2n) is 5.89. The van der Waals surface area contributed by atoms with Gasteiger partial charge in [0.1, 0.15) is 17.5 Å². The smallest absolute Gasteiger partial charge is 0.136 e. The van der Waals surface area contributed by atoms with E-state index in [9.17, 15) is 5.11 Å². The van der Waals surface area contributed by atoms with Gasteiger partial charge < -0.3 is 16.2 Å². The lowest BCUT2D eigenvalue weighted by atomic mass is 9.95. The molecule has 1 saturated carbocycles. The van der Waals surface area contributed by atoms with Gasteiger partial charge >= 0.3 is 0 Å². The number of aliphatic hydroxyl groups excluding tert-OH is 1. The summed E-state index contributed by atoms with van der Waals surface area (Å²) in [5, 5.41) is 12.5. The number of nitrogens with one attached hydrogen (secondary N) is 1. The van der Waals surface area contributed by atoms with E-state index >= 15 is 0 Å². The molecular weight excluding hydrogens is 228 g/mol. The highest BCUT2D eigenvalue weighted by atomic mass is 16.3. The molecule has 0 atom stereocenters. The Labute approximate surface area is 108 Å². The van der Waals surface area contributed by atoms with E-state index < -0.39 is 0 Å². The van der Waals surface area contributed by atoms with Crippen LogP contribution in [-0.2, 0) is 0 Å². The van der Waals surface area contributed by atoms with Crippen LogP contribution in [0.25, 0.3) is 0 Å². The molecule has 0 saturated heterocycles. The van der Waals surface area contributed by atoms with Crippen molar-refractivity contribution in [2.75, 3.05) is 24.2 Å². The average Bonchev–Trinajstić information content (AvgIpc) is 3.15. The molecule has 0 unspecified atom stereocenters. The fourth-order valence-corrected chi connectivity index (χ4v) is 1.63. The first-order valence-electron chi connectivity index (χ1n) is 6.42. The zero-order valence-electron chi connectivity index (χ0n) is 11.3. The van der Waals surface area contributed by atoms with Crippen molar-refractivity contribution in [3.63, 3.8) is 0 Å². The zero-order valence-corrected chi connectivity index (χ0v) is 11.3. The number of hydrogen-bond donors (Lipinski definition) is 3. The summed E-state index contributed by atoms with van der Waals surface area (Å²) in [6.07, 6.45) is 2.31. The molecule has 5 heteroatoms. The minimum atomic E-state index is -0.175. The summed E-state index contributed by atoms with van der Waals surface area (Å²) in [6.45, 7) is 6.71. The van der Waals surface area contributed by atoms with Crippen molar-refractivity contribution in [1.29, 1.82) is 0 Å². The molecule has 1 fully saturated rings. The van der Waals surface area contributed by atoms with E-state index in [1.165, 1.54) is 0 Å². The molecule has 1 aromatic heterocycles. The van der Waals surface area contributed by atoms with Crippen molar-refractivity contribution >= 4 is 11.6 Å². The van der Waals surface area contributed by atoms with Crippen LogP contribution in [0.5, 0.6) is 0 Å². The normalized spacial score (nSPS) is 15.8. The van der Waals surface area contributed by atoms with Gasteiger partial charge in [-0.3, -0.25) is 0 Å². The largest absolute Gasteiger partial charge is 0.396 e. The third-order valence-corrected chi connectivity index (χ3v) is 3.31. The minimum Gasteiger partial charge on any atom is -0.396 e. The number of nitrogen functional groups attached to an aromatic ring is 1. The number of nitrogens with two attached hydrogens (primary N) is 1. The van der Waals surface area contributed by atoms with E-state index in [2.05, 4.69) is 15.3 Å². The van der Waals surface area contributed by atoms with Crippen LogP contribution >= 0.6 is 0 Å². The Morgan fingerprint density at radius 2 is 2.06 bits per heavy atom. The molecule has 100 valence electrons. The van der Waals surface area contributed by atoms with Crippen LogP contribution in [0.4, 0.5) is 11.6 Å². The van der Waals surface area contributed by atoms with Gasteiger partial charge in [0.15, 0.2) is 0 Å². The molecule has 4 N–H and O–H groups in total. The fraction of sp³-hybridized carbons (Fsp3) is 0.692. The predicted molar refractivity (Wildman–Crippen MR) is 72.5 cm³/mol. The Kier molecular flexibility index (Phi) is 3.43. The Bertz CT molecular complexity index is 441. The van der Waals surface area contributed by atoms with Gasteiger partial charge in [-0.1, -0.05) is 13.8 Å². The van der Waals surface area contributed by atoms with Crippen LogP contribution in [0.1, 0.15) is 44.0 Å². The van der Waals surface area contributed by atoms with Gasteiger partial charge in [-0.25, -0.2) is 9.97 Å². The standard InChI is InChI=1S/C13H22N4O/c1-8-10(14)16-12(9-4-5-9)17-11(8)15-6-13(2,3)7-18/h9,18H,4-7H2,1-3H3,(H3,14,15,16,17). The number of aromatic nitrogens is 2. The monoisotopic (exact) mass is 250 g/mol. The van der Waals surface area contributed by atoms with Gasteiger partial charge in [-0.05, 0) is 19.8 Å². The Balaban J connectivity index is 2.16. The molecular formula is C13H22N4O. The Morgan fingerprint density at radius 3 is 2.61 bits per heavy atom. The number of hydrogen-bond acceptors (Lipinski definition) is 5. The highest BCUT2D eigenvalue weighted by Crippen LogP contribution is 2.39. The fourth-order valence-electron chi connectivity index (χ4n) is 1.63. The molecule has 0 amide bonds. The van der Waals surface area contributed by atoms with E-state index in [0.29, 0.717) is 18.3 Å². The number of aliphatic hydroxyl groups is 1. The second kappa shape index (κ2) is 4.72. The van der Waals surface area contributed by atoms with Gasteiger partial charge in [-0.15, -0.1) is 0 Å². The predicted octanol–water partition coefficient (Wildman–Crippen LogP) is 1.68. The highest BCUT2D eigenvalue weighted by Gasteiger charge is 2.28. The van der Waals surface area contributed by atoms with Crippen LogP contribution in [0.3, 0.4) is 0 Å². The molecule has 1 heterocycles. The minimum absolute atomic E-state index is 0.134. The maximum absolute atomic E-state index is 9.25. The molecule has 1 aromatic rings. The van der Waals surface area contributed by atoms with Crippen molar-refractivity contribution in [2.24, 2.45) is 5.41 Å². The van der Waals surface area contributed by atoms with Crippen LogP contribution in [0.15, 0.2) is 0 Å². The van der Waals surface area contributed by atoms with Crippen LogP contribution in [-0.4, -0.2) is 28.2 Å². The Hall–Kier alpha value is -1.36. The van der Waals surface area contributed by atoms with Crippen LogP contribution in [0.2, 0.25) is 0 Å². The van der Waals surface area contributed by atoms with Gasteiger partial charge in [0.05, 0.1) is 0 Å². The summed E-state index contributed by atoms with van der Waals surface area (Å²) < 4.78 is 0. The first-order chi connectivity index (χ1) is 8.43. The first-order valence-corrected chi connectivity index (χ1v) is 6.42. The summed E-state index contributed by atoms with van der Waals surface area (Å²) in [7, 11) is 0. The first kappa shape index (κ1) is 13.1. The lowest BCUT2D eigenvalue weighted by molar-refractivity contribution is 0.170. The molecule has 0 aliphatic heterocycles. The van der Waals surface area contributed by atoms with Crippen molar-refractivity contribution < 1.29 is 5.11 Å². The van der Waals surface area contributed by atoms with E-state index in [0.717, 1.165) is 30.0 Å². The summed E-state index contributed by atoms with van der Waals surface area (Å²) in [4.78, 5) is 8.89. The van der Waals surface area contributed by atoms with Crippen molar-refractivity contribution in [3.05, 3.63) is 11.4 Å². The molecule has 0 bridgehead atoms. The van der Waals surface area contributed by atoms with E-state index in [1.54, 1.807) is 0 Å². The number of nitrogens with zero attached hydrogens (tertiary/aromatic N) is 2. The molecule has 0 aromatic carbocycles. The van der Waals surface area contributed by atoms with Gasteiger partial charge in [0.25, 0.3) is 0 Å². The van der Waals surface area contributed by atoms with Gasteiger partial charge in [0, 0.05) is 30.0 Å². The molecule has 0 radical (unpaired) electrons. The zero-order chi connectivity index (χ0) is 13.3. The van der Waals surface area contributed by atoms with Gasteiger partial charge in [-0.2, -0.15) is 0 Å². The van der Waals surface area contributed by atoms with Crippen molar-refractivity contribution in [3.8, 4) is 0 Å². The third-order valence-electron chi connectivity index (χ3n) is 3.31. The third kappa shape index (κ3) is 2.90. The number of rotatable bonds is 5. The Morgan fingerprint density at radius 1 is 1.39 bits per heavy atom. The number of anilines is 2. The average molecular weight is 250 g/mol. The summed E-state index contributed by atoms with van der Waals surface area (Å²) in [5.41, 5.74) is 6.63. The summed E-state index contributed by atoms with van der Waals surface area (Å²) >= 11 is 0. The lowest BCUT2D eigenvalue weighted by Gasteiger charge is -2.23. The molecule has 0 spiro atoms. The van der Waals surface area contributed by atoms with Crippen LogP contribution < -0.4 is 11.1 Å². The molecule has 18 heavy (non-hydrogen) atoms. The maximum atomic E-state index is 9.25. The summed E-state index contributed by atoms with van der Waals surface area (Å²) in [6, 6.07) is 0. The van der Waals surface area contributed by atoms with Crippen LogP contribution in [0, 0.1) is 12.3 Å². The van der Waals surface area contributed by atoms with E-state index in [-0.39, 0.29) is 12.0 Å². The molecule has 1 aliphatic rings. The quantitative estimate of drug-likeness (QED) is 0.740. The van der Waals surface area contributed by atoms with Crippen molar-refractivity contribution in [1.82, 2.24) is 9.97 Å². The summed E-state index contributed by atoms with van der Waals surface area (Å²) in [5.74, 6) is 2.68.